The van der Waals surface area contributed by atoms with Gasteiger partial charge in [0.25, 0.3) is 5.69 Å². The van der Waals surface area contributed by atoms with Gasteiger partial charge in [-0.25, -0.2) is 4.39 Å². The molecule has 3 aromatic rings. The fraction of sp³-hybridized carbons (Fsp3) is 0.0526. The quantitative estimate of drug-likeness (QED) is 0.409. The van der Waals surface area contributed by atoms with Gasteiger partial charge >= 0.3 is 0 Å². The third-order valence-electron chi connectivity index (χ3n) is 3.78. The number of rotatable bonds is 5. The number of nitrogens with one attached hydrogen (secondary N) is 1. The van der Waals surface area contributed by atoms with Crippen LogP contribution in [0.1, 0.15) is 5.56 Å². The molecule has 0 heterocycles. The first-order valence-corrected chi connectivity index (χ1v) is 8.42. The van der Waals surface area contributed by atoms with Crippen LogP contribution in [0, 0.1) is 15.9 Å². The van der Waals surface area contributed by atoms with E-state index < -0.39 is 10.7 Å². The van der Waals surface area contributed by atoms with E-state index >= 15 is 0 Å². The summed E-state index contributed by atoms with van der Waals surface area (Å²) < 4.78 is 13.8. The maximum Gasteiger partial charge on any atom is 0.277 e. The SMILES string of the molecule is O=[N+]([O-])c1ccccc1-c1ccc(F)cc1NCc1cc(Cl)cc(Cl)c1. The Morgan fingerprint density at radius 1 is 0.962 bits per heavy atom. The molecule has 0 unspecified atom stereocenters. The van der Waals surface area contributed by atoms with Crippen molar-refractivity contribution in [1.82, 2.24) is 0 Å². The highest BCUT2D eigenvalue weighted by atomic mass is 35.5. The lowest BCUT2D eigenvalue weighted by Crippen LogP contribution is -2.02. The minimum absolute atomic E-state index is 0.0482. The Hall–Kier alpha value is -2.63. The van der Waals surface area contributed by atoms with Crippen LogP contribution < -0.4 is 5.32 Å². The van der Waals surface area contributed by atoms with Gasteiger partial charge in [-0.2, -0.15) is 0 Å². The van der Waals surface area contributed by atoms with Gasteiger partial charge in [-0.1, -0.05) is 35.3 Å². The van der Waals surface area contributed by atoms with E-state index in [9.17, 15) is 14.5 Å². The fourth-order valence-electron chi connectivity index (χ4n) is 2.67. The molecule has 7 heteroatoms. The Balaban J connectivity index is 1.98. The van der Waals surface area contributed by atoms with Crippen LogP contribution in [0.4, 0.5) is 15.8 Å². The summed E-state index contributed by atoms with van der Waals surface area (Å²) in [5.74, 6) is -0.445. The van der Waals surface area contributed by atoms with Gasteiger partial charge in [0.1, 0.15) is 5.82 Å². The first-order chi connectivity index (χ1) is 12.4. The fourth-order valence-corrected chi connectivity index (χ4v) is 3.24. The summed E-state index contributed by atoms with van der Waals surface area (Å²) in [5.41, 5.74) is 2.14. The Morgan fingerprint density at radius 3 is 2.35 bits per heavy atom. The van der Waals surface area contributed by atoms with Crippen molar-refractivity contribution in [1.29, 1.82) is 0 Å². The van der Waals surface area contributed by atoms with Gasteiger partial charge in [-0.15, -0.1) is 0 Å². The van der Waals surface area contributed by atoms with Gasteiger partial charge in [-0.05, 0) is 48.0 Å². The number of nitro benzene ring substituents is 1. The topological polar surface area (TPSA) is 55.2 Å². The van der Waals surface area contributed by atoms with E-state index in [4.69, 9.17) is 23.2 Å². The van der Waals surface area contributed by atoms with Crippen LogP contribution in [0.2, 0.25) is 10.0 Å². The molecule has 0 spiro atoms. The van der Waals surface area contributed by atoms with Crippen molar-refractivity contribution in [2.24, 2.45) is 0 Å². The zero-order valence-corrected chi connectivity index (χ0v) is 14.9. The van der Waals surface area contributed by atoms with Gasteiger partial charge in [0, 0.05) is 33.9 Å². The van der Waals surface area contributed by atoms with E-state index in [1.54, 1.807) is 36.4 Å². The molecule has 0 amide bonds. The summed E-state index contributed by atoms with van der Waals surface area (Å²) in [5, 5.41) is 15.4. The van der Waals surface area contributed by atoms with Crippen LogP contribution in [0.15, 0.2) is 60.7 Å². The summed E-state index contributed by atoms with van der Waals surface area (Å²) in [6.07, 6.45) is 0. The van der Waals surface area contributed by atoms with Gasteiger partial charge in [0.2, 0.25) is 0 Å². The molecule has 4 nitrogen and oxygen atoms in total. The second kappa shape index (κ2) is 7.72. The van der Waals surface area contributed by atoms with Crippen molar-refractivity contribution in [3.05, 3.63) is 92.2 Å². The van der Waals surface area contributed by atoms with Gasteiger partial charge in [0.05, 0.1) is 10.5 Å². The number of halogens is 3. The number of hydrogen-bond donors (Lipinski definition) is 1. The third kappa shape index (κ3) is 4.12. The smallest absolute Gasteiger partial charge is 0.277 e. The maximum atomic E-state index is 13.8. The largest absolute Gasteiger partial charge is 0.380 e. The van der Waals surface area contributed by atoms with Crippen LogP contribution in [0.25, 0.3) is 11.1 Å². The number of hydrogen-bond acceptors (Lipinski definition) is 3. The molecule has 3 aromatic carbocycles. The highest BCUT2D eigenvalue weighted by molar-refractivity contribution is 6.34. The molecule has 0 saturated carbocycles. The van der Waals surface area contributed by atoms with Crippen molar-refractivity contribution in [3.8, 4) is 11.1 Å². The predicted octanol–water partition coefficient (Wildman–Crippen LogP) is 6.32. The number of nitrogens with zero attached hydrogens (tertiary/aromatic N) is 1. The molecule has 0 atom stereocenters. The molecule has 0 aromatic heterocycles. The molecule has 26 heavy (non-hydrogen) atoms. The van der Waals surface area contributed by atoms with Crippen molar-refractivity contribution >= 4 is 34.6 Å². The van der Waals surface area contributed by atoms with Crippen molar-refractivity contribution < 1.29 is 9.31 Å². The van der Waals surface area contributed by atoms with E-state index in [0.29, 0.717) is 33.4 Å². The van der Waals surface area contributed by atoms with Crippen LogP contribution in [0.3, 0.4) is 0 Å². The van der Waals surface area contributed by atoms with Gasteiger partial charge in [0.15, 0.2) is 0 Å². The lowest BCUT2D eigenvalue weighted by atomic mass is 10.0. The highest BCUT2D eigenvalue weighted by Crippen LogP contribution is 2.35. The standard InChI is InChI=1S/C19H13Cl2FN2O2/c20-13-7-12(8-14(21)9-13)11-23-18-10-15(22)5-6-16(18)17-3-1-2-4-19(17)24(25)26/h1-10,23H,11H2. The molecule has 0 aliphatic rings. The molecular weight excluding hydrogens is 378 g/mol. The summed E-state index contributed by atoms with van der Waals surface area (Å²) >= 11 is 12.0. The Kier molecular flexibility index (Phi) is 5.40. The molecular formula is C19H13Cl2FN2O2. The minimum atomic E-state index is -0.459. The molecule has 3 rings (SSSR count). The Bertz CT molecular complexity index is 959. The lowest BCUT2D eigenvalue weighted by molar-refractivity contribution is -0.384. The highest BCUT2D eigenvalue weighted by Gasteiger charge is 2.17. The molecule has 0 bridgehead atoms. The summed E-state index contributed by atoms with van der Waals surface area (Å²) in [6, 6.07) is 15.5. The zero-order valence-electron chi connectivity index (χ0n) is 13.4. The molecule has 0 aliphatic heterocycles. The average molecular weight is 391 g/mol. The first kappa shape index (κ1) is 18.2. The summed E-state index contributed by atoms with van der Waals surface area (Å²) in [4.78, 5) is 10.9. The molecule has 0 saturated heterocycles. The third-order valence-corrected chi connectivity index (χ3v) is 4.21. The Labute approximate surface area is 159 Å². The van der Waals surface area contributed by atoms with E-state index in [-0.39, 0.29) is 5.69 Å². The van der Waals surface area contributed by atoms with E-state index in [1.807, 2.05) is 0 Å². The number of para-hydroxylation sites is 1. The number of nitro groups is 1. The van der Waals surface area contributed by atoms with Gasteiger partial charge < -0.3 is 5.32 Å². The van der Waals surface area contributed by atoms with E-state index in [2.05, 4.69) is 5.32 Å². The van der Waals surface area contributed by atoms with Gasteiger partial charge in [-0.3, -0.25) is 10.1 Å². The molecule has 132 valence electrons. The molecule has 0 fully saturated rings. The molecule has 0 radical (unpaired) electrons. The molecule has 0 aliphatic carbocycles. The monoisotopic (exact) mass is 390 g/mol. The summed E-state index contributed by atoms with van der Waals surface area (Å²) in [6.45, 7) is 0.331. The average Bonchev–Trinajstić information content (AvgIpc) is 2.59. The first-order valence-electron chi connectivity index (χ1n) is 7.66. The second-order valence-corrected chi connectivity index (χ2v) is 6.47. The van der Waals surface area contributed by atoms with Crippen LogP contribution in [0.5, 0.6) is 0 Å². The predicted molar refractivity (Wildman–Crippen MR) is 102 cm³/mol. The number of benzene rings is 3. The van der Waals surface area contributed by atoms with Crippen molar-refractivity contribution in [2.45, 2.75) is 6.54 Å². The van der Waals surface area contributed by atoms with E-state index in [0.717, 1.165) is 5.56 Å². The van der Waals surface area contributed by atoms with Crippen molar-refractivity contribution in [2.75, 3.05) is 5.32 Å². The molecule has 1 N–H and O–H groups in total. The minimum Gasteiger partial charge on any atom is -0.380 e. The van der Waals surface area contributed by atoms with Crippen LogP contribution in [-0.4, -0.2) is 4.92 Å². The van der Waals surface area contributed by atoms with E-state index in [1.165, 1.54) is 24.3 Å². The Morgan fingerprint density at radius 2 is 1.65 bits per heavy atom. The zero-order chi connectivity index (χ0) is 18.7. The van der Waals surface area contributed by atoms with Crippen molar-refractivity contribution in [3.63, 3.8) is 0 Å². The van der Waals surface area contributed by atoms with Crippen LogP contribution >= 0.6 is 23.2 Å². The van der Waals surface area contributed by atoms with Crippen LogP contribution in [-0.2, 0) is 6.54 Å². The second-order valence-electron chi connectivity index (χ2n) is 5.60. The summed E-state index contributed by atoms with van der Waals surface area (Å²) in [7, 11) is 0. The number of anilines is 1. The normalized spacial score (nSPS) is 10.6. The maximum absolute atomic E-state index is 13.8. The lowest BCUT2D eigenvalue weighted by Gasteiger charge is -2.13.